The molecule has 0 bridgehead atoms. The molecule has 1 aromatic carbocycles. The number of nitrogens with zero attached hydrogens (tertiary/aromatic N) is 1. The molecule has 0 aliphatic heterocycles. The predicted octanol–water partition coefficient (Wildman–Crippen LogP) is 1.39. The van der Waals surface area contributed by atoms with E-state index in [9.17, 15) is 9.90 Å². The molecule has 0 atom stereocenters. The van der Waals surface area contributed by atoms with Crippen LogP contribution in [0, 0.1) is 0 Å². The minimum absolute atomic E-state index is 0.187. The van der Waals surface area contributed by atoms with Crippen LogP contribution in [0.5, 0.6) is 0 Å². The molecule has 0 fully saturated rings. The fourth-order valence-electron chi connectivity index (χ4n) is 1.56. The summed E-state index contributed by atoms with van der Waals surface area (Å²) >= 11 is 0. The van der Waals surface area contributed by atoms with Crippen LogP contribution in [0.15, 0.2) is 41.5 Å². The van der Waals surface area contributed by atoms with Gasteiger partial charge in [0, 0.05) is 12.4 Å². The Morgan fingerprint density at radius 1 is 1.38 bits per heavy atom. The Hall–Kier alpha value is -1.81. The summed E-state index contributed by atoms with van der Waals surface area (Å²) < 4.78 is 1.50. The smallest absolute Gasteiger partial charge is 0.330 e. The molecule has 0 saturated heterocycles. The summed E-state index contributed by atoms with van der Waals surface area (Å²) in [6.45, 7) is 3.43. The molecule has 4 heteroatoms. The van der Waals surface area contributed by atoms with Crippen molar-refractivity contribution >= 4 is 0 Å². The van der Waals surface area contributed by atoms with Crippen molar-refractivity contribution in [3.05, 3.63) is 52.7 Å². The first-order valence-corrected chi connectivity index (χ1v) is 5.08. The van der Waals surface area contributed by atoms with Gasteiger partial charge in [-0.05, 0) is 31.5 Å². The third-order valence-electron chi connectivity index (χ3n) is 2.48. The molecule has 0 unspecified atom stereocenters. The Labute approximate surface area is 93.2 Å². The Kier molecular flexibility index (Phi) is 2.44. The van der Waals surface area contributed by atoms with E-state index in [0.717, 1.165) is 11.3 Å². The molecule has 16 heavy (non-hydrogen) atoms. The van der Waals surface area contributed by atoms with Gasteiger partial charge in [-0.1, -0.05) is 12.1 Å². The topological polar surface area (TPSA) is 58.0 Å². The van der Waals surface area contributed by atoms with Crippen molar-refractivity contribution in [2.45, 2.75) is 19.4 Å². The first-order valence-electron chi connectivity index (χ1n) is 5.08. The molecule has 0 aliphatic carbocycles. The molecular formula is C12H14N2O2. The number of aliphatic hydroxyl groups is 1. The Morgan fingerprint density at radius 2 is 2.12 bits per heavy atom. The maximum Gasteiger partial charge on any atom is 0.330 e. The lowest BCUT2D eigenvalue weighted by Crippen LogP contribution is -2.18. The normalized spacial score (nSPS) is 11.7. The van der Waals surface area contributed by atoms with Gasteiger partial charge in [0.1, 0.15) is 0 Å². The number of aromatic amines is 1. The van der Waals surface area contributed by atoms with Gasteiger partial charge in [-0.25, -0.2) is 4.79 Å². The lowest BCUT2D eigenvalue weighted by atomic mass is 9.98. The monoisotopic (exact) mass is 218 g/mol. The van der Waals surface area contributed by atoms with Gasteiger partial charge in [0.2, 0.25) is 0 Å². The molecule has 0 amide bonds. The van der Waals surface area contributed by atoms with Gasteiger partial charge in [0.15, 0.2) is 0 Å². The second kappa shape index (κ2) is 3.64. The van der Waals surface area contributed by atoms with E-state index in [0.29, 0.717) is 0 Å². The Balaban J connectivity index is 2.53. The van der Waals surface area contributed by atoms with Gasteiger partial charge in [-0.15, -0.1) is 0 Å². The van der Waals surface area contributed by atoms with E-state index in [1.165, 1.54) is 4.57 Å². The minimum atomic E-state index is -0.907. The van der Waals surface area contributed by atoms with Gasteiger partial charge >= 0.3 is 5.69 Å². The van der Waals surface area contributed by atoms with E-state index in [4.69, 9.17) is 0 Å². The highest BCUT2D eigenvalue weighted by Gasteiger charge is 2.16. The van der Waals surface area contributed by atoms with Crippen LogP contribution in [0.1, 0.15) is 19.4 Å². The molecule has 4 nitrogen and oxygen atoms in total. The highest BCUT2D eigenvalue weighted by molar-refractivity contribution is 5.37. The molecule has 84 valence electrons. The van der Waals surface area contributed by atoms with Crippen molar-refractivity contribution in [3.63, 3.8) is 0 Å². The minimum Gasteiger partial charge on any atom is -0.386 e. The van der Waals surface area contributed by atoms with E-state index in [-0.39, 0.29) is 5.69 Å². The zero-order chi connectivity index (χ0) is 11.8. The second-order valence-corrected chi connectivity index (χ2v) is 4.24. The molecule has 0 radical (unpaired) electrons. The lowest BCUT2D eigenvalue weighted by molar-refractivity contribution is 0.0786. The summed E-state index contributed by atoms with van der Waals surface area (Å²) in [5.41, 5.74) is 0.424. The number of aromatic nitrogens is 2. The molecule has 0 spiro atoms. The summed E-state index contributed by atoms with van der Waals surface area (Å²) in [4.78, 5) is 14.0. The molecule has 2 rings (SSSR count). The van der Waals surface area contributed by atoms with Crippen molar-refractivity contribution in [3.8, 4) is 5.69 Å². The van der Waals surface area contributed by atoms with Crippen LogP contribution in [-0.2, 0) is 5.60 Å². The number of rotatable bonds is 2. The summed E-state index contributed by atoms with van der Waals surface area (Å²) in [7, 11) is 0. The summed E-state index contributed by atoms with van der Waals surface area (Å²) in [6.07, 6.45) is 3.24. The third-order valence-corrected chi connectivity index (χ3v) is 2.48. The maximum atomic E-state index is 11.4. The molecule has 1 aromatic heterocycles. The van der Waals surface area contributed by atoms with Crippen LogP contribution in [0.25, 0.3) is 5.69 Å². The first-order chi connectivity index (χ1) is 7.48. The largest absolute Gasteiger partial charge is 0.386 e. The second-order valence-electron chi connectivity index (χ2n) is 4.24. The number of imidazole rings is 1. The summed E-state index contributed by atoms with van der Waals surface area (Å²) in [6, 6.07) is 7.28. The SMILES string of the molecule is CC(C)(O)c1cccc(-n2cc[nH]c2=O)c1. The van der Waals surface area contributed by atoms with Crippen LogP contribution >= 0.6 is 0 Å². The molecule has 2 aromatic rings. The van der Waals surface area contributed by atoms with Crippen molar-refractivity contribution in [1.82, 2.24) is 9.55 Å². The Bertz CT molecular complexity index is 546. The van der Waals surface area contributed by atoms with Crippen LogP contribution in [-0.4, -0.2) is 14.7 Å². The van der Waals surface area contributed by atoms with Crippen molar-refractivity contribution in [2.24, 2.45) is 0 Å². The van der Waals surface area contributed by atoms with E-state index < -0.39 is 5.60 Å². The number of H-pyrrole nitrogens is 1. The lowest BCUT2D eigenvalue weighted by Gasteiger charge is -2.18. The first kappa shape index (κ1) is 10.7. The molecule has 0 saturated carbocycles. The van der Waals surface area contributed by atoms with E-state index >= 15 is 0 Å². The van der Waals surface area contributed by atoms with Crippen molar-refractivity contribution in [1.29, 1.82) is 0 Å². The van der Waals surface area contributed by atoms with Crippen LogP contribution < -0.4 is 5.69 Å². The molecular weight excluding hydrogens is 204 g/mol. The summed E-state index contributed by atoms with van der Waals surface area (Å²) in [5.74, 6) is 0. The highest BCUT2D eigenvalue weighted by atomic mass is 16.3. The highest BCUT2D eigenvalue weighted by Crippen LogP contribution is 2.21. The average Bonchev–Trinajstić information content (AvgIpc) is 2.63. The van der Waals surface area contributed by atoms with Crippen LogP contribution in [0.4, 0.5) is 0 Å². The van der Waals surface area contributed by atoms with E-state index in [1.807, 2.05) is 18.2 Å². The number of benzene rings is 1. The molecule has 1 heterocycles. The van der Waals surface area contributed by atoms with E-state index in [2.05, 4.69) is 4.98 Å². The number of nitrogens with one attached hydrogen (secondary N) is 1. The quantitative estimate of drug-likeness (QED) is 0.800. The number of hydrogen-bond donors (Lipinski definition) is 2. The van der Waals surface area contributed by atoms with Crippen LogP contribution in [0.2, 0.25) is 0 Å². The zero-order valence-electron chi connectivity index (χ0n) is 9.27. The van der Waals surface area contributed by atoms with Gasteiger partial charge in [0.25, 0.3) is 0 Å². The fourth-order valence-corrected chi connectivity index (χ4v) is 1.56. The van der Waals surface area contributed by atoms with Gasteiger partial charge in [-0.3, -0.25) is 4.57 Å². The van der Waals surface area contributed by atoms with Crippen molar-refractivity contribution in [2.75, 3.05) is 0 Å². The maximum absolute atomic E-state index is 11.4. The molecule has 0 aliphatic rings. The van der Waals surface area contributed by atoms with Crippen molar-refractivity contribution < 1.29 is 5.11 Å². The predicted molar refractivity (Wildman–Crippen MR) is 61.6 cm³/mol. The molecule has 2 N–H and O–H groups in total. The third kappa shape index (κ3) is 1.92. The van der Waals surface area contributed by atoms with Crippen LogP contribution in [0.3, 0.4) is 0 Å². The summed E-state index contributed by atoms with van der Waals surface area (Å²) in [5, 5.41) is 9.89. The fraction of sp³-hybridized carbons (Fsp3) is 0.250. The van der Waals surface area contributed by atoms with E-state index in [1.54, 1.807) is 32.3 Å². The average molecular weight is 218 g/mol. The van der Waals surface area contributed by atoms with Gasteiger partial charge < -0.3 is 10.1 Å². The number of hydrogen-bond acceptors (Lipinski definition) is 2. The Morgan fingerprint density at radius 3 is 2.69 bits per heavy atom. The standard InChI is InChI=1S/C12H14N2O2/c1-12(2,16)9-4-3-5-10(8-9)14-7-6-13-11(14)15/h3-8,16H,1-2H3,(H,13,15). The van der Waals surface area contributed by atoms with Gasteiger partial charge in [-0.2, -0.15) is 0 Å². The van der Waals surface area contributed by atoms with Gasteiger partial charge in [0.05, 0.1) is 11.3 Å². The zero-order valence-corrected chi connectivity index (χ0v) is 9.27.